The third-order valence-electron chi connectivity index (χ3n) is 1.44. The molecule has 0 aliphatic heterocycles. The first-order chi connectivity index (χ1) is 6.16. The molecule has 21 heavy (non-hydrogen) atoms. The Morgan fingerprint density at radius 3 is 1.43 bits per heavy atom. The molecule has 0 saturated heterocycles. The van der Waals surface area contributed by atoms with Gasteiger partial charge in [0.15, 0.2) is 0 Å². The van der Waals surface area contributed by atoms with Crippen molar-refractivity contribution < 1.29 is 160 Å². The molecule has 13 heteroatoms. The maximum Gasteiger partial charge on any atom is 1.00 e. The number of hydrogen-bond donors (Lipinski definition) is 0. The SMILES string of the molecule is O.O.O.O.O.O.O=C([O-])c1ccccc1C(=O)O[O-].[K+].[K+]. The molecule has 0 bridgehead atoms. The van der Waals surface area contributed by atoms with Crippen LogP contribution >= 0.6 is 0 Å². The van der Waals surface area contributed by atoms with E-state index in [1.807, 2.05) is 0 Å². The van der Waals surface area contributed by atoms with Crippen molar-refractivity contribution in [3.8, 4) is 0 Å². The fraction of sp³-hybridized carbons (Fsp3) is 0. The van der Waals surface area contributed by atoms with Crippen molar-refractivity contribution in [1.82, 2.24) is 0 Å². The Kier molecular flexibility index (Phi) is 61.4. The van der Waals surface area contributed by atoms with E-state index in [1.54, 1.807) is 0 Å². The fourth-order valence-electron chi connectivity index (χ4n) is 0.884. The minimum absolute atomic E-state index is 0. The van der Waals surface area contributed by atoms with Gasteiger partial charge >= 0.3 is 109 Å². The summed E-state index contributed by atoms with van der Waals surface area (Å²) >= 11 is 0. The number of carbonyl (C=O) groups is 2. The smallest absolute Gasteiger partial charge is 0.661 e. The molecule has 0 amide bonds. The molecule has 0 saturated carbocycles. The topological polar surface area (TPSA) is 278 Å². The Balaban J connectivity index is -0.0000000352. The number of benzene rings is 1. The largest absolute Gasteiger partial charge is 1.00 e. The fourth-order valence-corrected chi connectivity index (χ4v) is 0.884. The van der Waals surface area contributed by atoms with Gasteiger partial charge in [0.1, 0.15) is 0 Å². The van der Waals surface area contributed by atoms with Crippen LogP contribution in [0.3, 0.4) is 0 Å². The number of carbonyl (C=O) groups excluding carboxylic acids is 2. The average Bonchev–Trinajstić information content (AvgIpc) is 2.16. The molecule has 0 aliphatic carbocycles. The van der Waals surface area contributed by atoms with Gasteiger partial charge in [-0.1, -0.05) is 18.2 Å². The number of rotatable bonds is 2. The molecule has 0 fully saturated rings. The Morgan fingerprint density at radius 1 is 0.810 bits per heavy atom. The first kappa shape index (κ1) is 49.5. The van der Waals surface area contributed by atoms with Gasteiger partial charge in [0.2, 0.25) is 0 Å². The zero-order chi connectivity index (χ0) is 9.84. The molecular weight excluding hydrogens is 350 g/mol. The van der Waals surface area contributed by atoms with Gasteiger partial charge in [0, 0.05) is 5.56 Å². The molecule has 0 aromatic heterocycles. The third-order valence-corrected chi connectivity index (χ3v) is 1.44. The molecular formula is C8H16K2O11. The first-order valence-electron chi connectivity index (χ1n) is 3.31. The Hall–Kier alpha value is 1.15. The summed E-state index contributed by atoms with van der Waals surface area (Å²) in [6.07, 6.45) is 0. The summed E-state index contributed by atoms with van der Waals surface area (Å²) in [5.41, 5.74) is -0.666. The second-order valence-electron chi connectivity index (χ2n) is 2.20. The molecule has 12 N–H and O–H groups in total. The van der Waals surface area contributed by atoms with Gasteiger partial charge in [-0.3, -0.25) is 0 Å². The predicted molar refractivity (Wildman–Crippen MR) is 57.9 cm³/mol. The van der Waals surface area contributed by atoms with Gasteiger partial charge < -0.3 is 52.9 Å². The van der Waals surface area contributed by atoms with Crippen molar-refractivity contribution in [3.05, 3.63) is 35.4 Å². The average molecular weight is 366 g/mol. The first-order valence-corrected chi connectivity index (χ1v) is 3.31. The summed E-state index contributed by atoms with van der Waals surface area (Å²) < 4.78 is 0. The minimum Gasteiger partial charge on any atom is -0.661 e. The van der Waals surface area contributed by atoms with Crippen molar-refractivity contribution in [2.24, 2.45) is 0 Å². The van der Waals surface area contributed by atoms with Crippen LogP contribution in [-0.4, -0.2) is 44.8 Å². The maximum atomic E-state index is 10.7. The van der Waals surface area contributed by atoms with E-state index in [-0.39, 0.29) is 147 Å². The maximum absolute atomic E-state index is 10.7. The summed E-state index contributed by atoms with van der Waals surface area (Å²) in [7, 11) is 0. The Bertz CT molecular complexity index is 360. The monoisotopic (exact) mass is 366 g/mol. The van der Waals surface area contributed by atoms with Crippen LogP contribution in [0.5, 0.6) is 0 Å². The molecule has 0 unspecified atom stereocenters. The second-order valence-corrected chi connectivity index (χ2v) is 2.20. The van der Waals surface area contributed by atoms with Crippen LogP contribution in [0.25, 0.3) is 0 Å². The number of carboxylic acid groups (broad SMARTS) is 1. The van der Waals surface area contributed by atoms with E-state index in [4.69, 9.17) is 0 Å². The zero-order valence-electron chi connectivity index (χ0n) is 11.4. The van der Waals surface area contributed by atoms with Crippen LogP contribution in [0.1, 0.15) is 20.7 Å². The molecule has 11 nitrogen and oxygen atoms in total. The van der Waals surface area contributed by atoms with Crippen LogP contribution < -0.4 is 113 Å². The van der Waals surface area contributed by atoms with Crippen molar-refractivity contribution in [1.29, 1.82) is 0 Å². The molecule has 0 spiro atoms. The number of hydrogen-bond acceptors (Lipinski definition) is 5. The normalized spacial score (nSPS) is 5.76. The number of aromatic carboxylic acids is 1. The van der Waals surface area contributed by atoms with Gasteiger partial charge in [-0.2, -0.15) is 0 Å². The molecule has 0 aliphatic rings. The molecule has 1 aromatic rings. The van der Waals surface area contributed by atoms with Gasteiger partial charge in [0.05, 0.1) is 11.5 Å². The molecule has 0 radical (unpaired) electrons. The summed E-state index contributed by atoms with van der Waals surface area (Å²) in [6, 6.07) is 5.15. The van der Waals surface area contributed by atoms with Crippen molar-refractivity contribution in [2.45, 2.75) is 0 Å². The van der Waals surface area contributed by atoms with E-state index < -0.39 is 11.9 Å². The zero-order valence-corrected chi connectivity index (χ0v) is 17.6. The summed E-state index contributed by atoms with van der Waals surface area (Å²) in [5, 5.41) is 20.2. The van der Waals surface area contributed by atoms with E-state index in [0.717, 1.165) is 6.07 Å². The number of carboxylic acids is 1. The van der Waals surface area contributed by atoms with Crippen molar-refractivity contribution in [3.63, 3.8) is 0 Å². The van der Waals surface area contributed by atoms with E-state index in [0.29, 0.717) is 0 Å². The van der Waals surface area contributed by atoms with Crippen LogP contribution in [0.4, 0.5) is 0 Å². The molecule has 1 aromatic carbocycles. The summed E-state index contributed by atoms with van der Waals surface area (Å²) in [5.74, 6) is -2.76. The Morgan fingerprint density at radius 2 is 1.14 bits per heavy atom. The van der Waals surface area contributed by atoms with Crippen LogP contribution in [-0.2, 0) is 4.89 Å². The van der Waals surface area contributed by atoms with Crippen LogP contribution in [0.15, 0.2) is 24.3 Å². The van der Waals surface area contributed by atoms with Gasteiger partial charge in [0.25, 0.3) is 0 Å². The van der Waals surface area contributed by atoms with Gasteiger partial charge in [-0.15, -0.1) is 0 Å². The quantitative estimate of drug-likeness (QED) is 0.279. The van der Waals surface area contributed by atoms with Crippen molar-refractivity contribution >= 4 is 11.9 Å². The standard InChI is InChI=1S/C8H6O5.2K.6H2O/c9-7(10)5-3-1-2-4-6(5)8(11)13-12;;;;;;;;/h1-4,12H,(H,9,10);;;6*1H2/q;2*+1;;;;;;/p-2. The van der Waals surface area contributed by atoms with Crippen LogP contribution in [0, 0.1) is 0 Å². The van der Waals surface area contributed by atoms with Gasteiger partial charge in [-0.05, 0) is 6.07 Å². The summed E-state index contributed by atoms with van der Waals surface area (Å²) in [6.45, 7) is 0. The third kappa shape index (κ3) is 15.8. The predicted octanol–water partition coefficient (Wildman–Crippen LogP) is -12.5. The molecule has 116 valence electrons. The van der Waals surface area contributed by atoms with Crippen molar-refractivity contribution in [2.75, 3.05) is 0 Å². The van der Waals surface area contributed by atoms with E-state index in [2.05, 4.69) is 4.89 Å². The Labute approximate surface area is 204 Å². The minimum atomic E-state index is -1.53. The van der Waals surface area contributed by atoms with E-state index in [1.165, 1.54) is 18.2 Å². The molecule has 0 heterocycles. The summed E-state index contributed by atoms with van der Waals surface area (Å²) in [4.78, 5) is 24.3. The van der Waals surface area contributed by atoms with Crippen LogP contribution in [0.2, 0.25) is 0 Å². The van der Waals surface area contributed by atoms with E-state index >= 15 is 0 Å². The molecule has 1 rings (SSSR count). The molecule has 0 atom stereocenters. The second kappa shape index (κ2) is 26.1. The van der Waals surface area contributed by atoms with E-state index in [9.17, 15) is 20.0 Å². The van der Waals surface area contributed by atoms with Gasteiger partial charge in [-0.25, -0.2) is 4.79 Å².